The van der Waals surface area contributed by atoms with Crippen LogP contribution < -0.4 is 15.2 Å². The summed E-state index contributed by atoms with van der Waals surface area (Å²) < 4.78 is 34.1. The quantitative estimate of drug-likeness (QED) is 0.726. The predicted molar refractivity (Wildman–Crippen MR) is 82.3 cm³/mol. The van der Waals surface area contributed by atoms with Crippen LogP contribution in [0.1, 0.15) is 19.3 Å². The minimum atomic E-state index is -3.48. The molecule has 1 aromatic rings. The first-order chi connectivity index (χ1) is 10.1. The van der Waals surface area contributed by atoms with Crippen LogP contribution in [-0.4, -0.2) is 45.0 Å². The van der Waals surface area contributed by atoms with Crippen molar-refractivity contribution in [1.29, 1.82) is 0 Å². The summed E-state index contributed by atoms with van der Waals surface area (Å²) in [6.07, 6.45) is 2.75. The van der Waals surface area contributed by atoms with Crippen molar-refractivity contribution in [3.8, 4) is 5.75 Å². The molecule has 0 radical (unpaired) electrons. The predicted octanol–water partition coefficient (Wildman–Crippen LogP) is 0.713. The summed E-state index contributed by atoms with van der Waals surface area (Å²) >= 11 is 0. The molecule has 1 heterocycles. The topological polar surface area (TPSA) is 84.7 Å². The van der Waals surface area contributed by atoms with Crippen molar-refractivity contribution >= 4 is 10.2 Å². The standard InChI is InChI=1S/C14H23N3O3S/c15-12-13-6-4-5-10-17(13)21(18,19)16-9-11-20-14-7-2-1-3-8-14/h1-3,7-8,13,16H,4-6,9-12,15H2. The van der Waals surface area contributed by atoms with Gasteiger partial charge in [0.2, 0.25) is 0 Å². The number of piperidine rings is 1. The molecule has 3 N–H and O–H groups in total. The Morgan fingerprint density at radius 1 is 1.29 bits per heavy atom. The zero-order chi connectivity index (χ0) is 15.1. The van der Waals surface area contributed by atoms with Crippen LogP contribution in [-0.2, 0) is 10.2 Å². The van der Waals surface area contributed by atoms with Crippen molar-refractivity contribution in [2.24, 2.45) is 5.73 Å². The highest BCUT2D eigenvalue weighted by Gasteiger charge is 2.30. The Morgan fingerprint density at radius 3 is 2.76 bits per heavy atom. The third kappa shape index (κ3) is 4.67. The van der Waals surface area contributed by atoms with E-state index in [2.05, 4.69) is 4.72 Å². The first-order valence-electron chi connectivity index (χ1n) is 7.28. The largest absolute Gasteiger partial charge is 0.492 e. The highest BCUT2D eigenvalue weighted by Crippen LogP contribution is 2.18. The third-order valence-corrected chi connectivity index (χ3v) is 5.22. The van der Waals surface area contributed by atoms with Crippen LogP contribution in [0.15, 0.2) is 30.3 Å². The molecular weight excluding hydrogens is 290 g/mol. The van der Waals surface area contributed by atoms with E-state index in [4.69, 9.17) is 10.5 Å². The molecule has 1 fully saturated rings. The summed E-state index contributed by atoms with van der Waals surface area (Å²) in [4.78, 5) is 0. The van der Waals surface area contributed by atoms with Crippen LogP contribution >= 0.6 is 0 Å². The Bertz CT molecular complexity index is 522. The first kappa shape index (κ1) is 16.2. The number of para-hydroxylation sites is 1. The van der Waals surface area contributed by atoms with E-state index in [0.29, 0.717) is 19.7 Å². The van der Waals surface area contributed by atoms with E-state index in [0.717, 1.165) is 25.0 Å². The van der Waals surface area contributed by atoms with Gasteiger partial charge in [-0.3, -0.25) is 0 Å². The lowest BCUT2D eigenvalue weighted by Crippen LogP contribution is -2.52. The van der Waals surface area contributed by atoms with Gasteiger partial charge in [0.1, 0.15) is 12.4 Å². The lowest BCUT2D eigenvalue weighted by molar-refractivity contribution is 0.252. The number of hydrogen-bond acceptors (Lipinski definition) is 4. The fourth-order valence-corrected chi connectivity index (χ4v) is 3.93. The molecule has 7 heteroatoms. The maximum absolute atomic E-state index is 12.3. The van der Waals surface area contributed by atoms with Crippen LogP contribution in [0.25, 0.3) is 0 Å². The minimum Gasteiger partial charge on any atom is -0.492 e. The van der Waals surface area contributed by atoms with E-state index in [1.54, 1.807) is 0 Å². The Labute approximate surface area is 126 Å². The monoisotopic (exact) mass is 313 g/mol. The van der Waals surface area contributed by atoms with E-state index >= 15 is 0 Å². The normalized spacial score (nSPS) is 20.3. The van der Waals surface area contributed by atoms with Gasteiger partial charge in [0, 0.05) is 25.7 Å². The van der Waals surface area contributed by atoms with Gasteiger partial charge in [-0.1, -0.05) is 24.6 Å². The molecule has 0 spiro atoms. The van der Waals surface area contributed by atoms with Crippen LogP contribution in [0.2, 0.25) is 0 Å². The second kappa shape index (κ2) is 7.74. The Morgan fingerprint density at radius 2 is 2.05 bits per heavy atom. The lowest BCUT2D eigenvalue weighted by atomic mass is 10.1. The summed E-state index contributed by atoms with van der Waals surface area (Å²) in [5.74, 6) is 0.731. The molecule has 1 saturated heterocycles. The van der Waals surface area contributed by atoms with Gasteiger partial charge in [-0.25, -0.2) is 0 Å². The molecule has 0 aliphatic carbocycles. The first-order valence-corrected chi connectivity index (χ1v) is 8.72. The van der Waals surface area contributed by atoms with E-state index in [-0.39, 0.29) is 12.6 Å². The molecule has 0 amide bonds. The van der Waals surface area contributed by atoms with Gasteiger partial charge in [-0.2, -0.15) is 17.4 Å². The molecule has 1 unspecified atom stereocenters. The van der Waals surface area contributed by atoms with Crippen LogP contribution in [0.3, 0.4) is 0 Å². The summed E-state index contributed by atoms with van der Waals surface area (Å²) in [6, 6.07) is 9.23. The molecular formula is C14H23N3O3S. The second-order valence-electron chi connectivity index (χ2n) is 5.06. The van der Waals surface area contributed by atoms with E-state index in [9.17, 15) is 8.42 Å². The second-order valence-corrected chi connectivity index (χ2v) is 6.76. The van der Waals surface area contributed by atoms with Gasteiger partial charge >= 0.3 is 0 Å². The number of rotatable bonds is 7. The van der Waals surface area contributed by atoms with E-state index in [1.807, 2.05) is 30.3 Å². The number of nitrogens with one attached hydrogen (secondary N) is 1. The van der Waals surface area contributed by atoms with Crippen LogP contribution in [0, 0.1) is 0 Å². The zero-order valence-corrected chi connectivity index (χ0v) is 12.9. The summed E-state index contributed by atoms with van der Waals surface area (Å²) in [5.41, 5.74) is 5.66. The highest BCUT2D eigenvalue weighted by molar-refractivity contribution is 7.87. The summed E-state index contributed by atoms with van der Waals surface area (Å²) in [5, 5.41) is 0. The van der Waals surface area contributed by atoms with Crippen molar-refractivity contribution in [2.75, 3.05) is 26.2 Å². The molecule has 21 heavy (non-hydrogen) atoms. The van der Waals surface area contributed by atoms with Crippen molar-refractivity contribution in [3.05, 3.63) is 30.3 Å². The lowest BCUT2D eigenvalue weighted by Gasteiger charge is -2.33. The van der Waals surface area contributed by atoms with Crippen LogP contribution in [0.4, 0.5) is 0 Å². The number of benzene rings is 1. The van der Waals surface area contributed by atoms with E-state index in [1.165, 1.54) is 4.31 Å². The molecule has 0 aromatic heterocycles. The molecule has 1 atom stereocenters. The van der Waals surface area contributed by atoms with Crippen molar-refractivity contribution in [2.45, 2.75) is 25.3 Å². The van der Waals surface area contributed by atoms with Gasteiger partial charge in [-0.05, 0) is 25.0 Å². The SMILES string of the molecule is NCC1CCCCN1S(=O)(=O)NCCOc1ccccc1. The van der Waals surface area contributed by atoms with Gasteiger partial charge in [0.15, 0.2) is 0 Å². The molecule has 2 rings (SSSR count). The fourth-order valence-electron chi connectivity index (χ4n) is 2.47. The molecule has 6 nitrogen and oxygen atoms in total. The number of nitrogens with zero attached hydrogens (tertiary/aromatic N) is 1. The van der Waals surface area contributed by atoms with Crippen molar-refractivity contribution in [1.82, 2.24) is 9.03 Å². The average Bonchev–Trinajstić information content (AvgIpc) is 2.52. The van der Waals surface area contributed by atoms with Crippen LogP contribution in [0.5, 0.6) is 5.75 Å². The molecule has 1 aliphatic heterocycles. The average molecular weight is 313 g/mol. The van der Waals surface area contributed by atoms with Crippen molar-refractivity contribution < 1.29 is 13.2 Å². The molecule has 0 bridgehead atoms. The number of ether oxygens (including phenoxy) is 1. The van der Waals surface area contributed by atoms with Gasteiger partial charge in [0.05, 0.1) is 0 Å². The van der Waals surface area contributed by atoms with Gasteiger partial charge in [0.25, 0.3) is 10.2 Å². The van der Waals surface area contributed by atoms with E-state index < -0.39 is 10.2 Å². The minimum absolute atomic E-state index is 0.0914. The Kier molecular flexibility index (Phi) is 5.98. The molecule has 1 aliphatic rings. The summed E-state index contributed by atoms with van der Waals surface area (Å²) in [6.45, 7) is 1.44. The third-order valence-electron chi connectivity index (χ3n) is 3.55. The highest BCUT2D eigenvalue weighted by atomic mass is 32.2. The molecule has 0 saturated carbocycles. The smallest absolute Gasteiger partial charge is 0.279 e. The summed E-state index contributed by atoms with van der Waals surface area (Å²) in [7, 11) is -3.48. The zero-order valence-electron chi connectivity index (χ0n) is 12.1. The Balaban J connectivity index is 1.80. The van der Waals surface area contributed by atoms with Gasteiger partial charge < -0.3 is 10.5 Å². The van der Waals surface area contributed by atoms with Crippen molar-refractivity contribution in [3.63, 3.8) is 0 Å². The molecule has 118 valence electrons. The molecule has 1 aromatic carbocycles. The number of nitrogens with two attached hydrogens (primary N) is 1. The maximum atomic E-state index is 12.3. The fraction of sp³-hybridized carbons (Fsp3) is 0.571. The van der Waals surface area contributed by atoms with Gasteiger partial charge in [-0.15, -0.1) is 0 Å². The maximum Gasteiger partial charge on any atom is 0.279 e. The number of hydrogen-bond donors (Lipinski definition) is 2. The Hall–Kier alpha value is -1.15.